The van der Waals surface area contributed by atoms with Crippen LogP contribution in [0, 0.1) is 20.2 Å². The van der Waals surface area contributed by atoms with Crippen LogP contribution in [0.5, 0.6) is 0 Å². The highest BCUT2D eigenvalue weighted by Gasteiger charge is 2.23. The number of halogens is 1. The number of aryl methyl sites for hydroxylation is 1. The van der Waals surface area contributed by atoms with E-state index in [1.807, 2.05) is 0 Å². The molecule has 0 N–H and O–H groups in total. The Hall–Kier alpha value is -3.61. The second kappa shape index (κ2) is 7.56. The topological polar surface area (TPSA) is 152 Å². The Balaban J connectivity index is 1.72. The molecule has 12 nitrogen and oxygen atoms in total. The van der Waals surface area contributed by atoms with Gasteiger partial charge in [0.05, 0.1) is 16.2 Å². The number of allylic oxidation sites excluding steroid dienone is 1. The molecule has 0 atom stereocenters. The van der Waals surface area contributed by atoms with Crippen LogP contribution in [0.2, 0.25) is 0 Å². The van der Waals surface area contributed by atoms with Crippen LogP contribution in [0.1, 0.15) is 22.0 Å². The number of hydrogen-bond donors (Lipinski definition) is 0. The van der Waals surface area contributed by atoms with Crippen molar-refractivity contribution < 1.29 is 19.1 Å². The maximum Gasteiger partial charge on any atom is 0.404 e. The van der Waals surface area contributed by atoms with Gasteiger partial charge >= 0.3 is 11.5 Å². The van der Waals surface area contributed by atoms with Gasteiger partial charge in [-0.15, -0.1) is 0 Å². The first kappa shape index (κ1) is 19.2. The Labute approximate surface area is 164 Å². The zero-order valence-electron chi connectivity index (χ0n) is 14.2. The van der Waals surface area contributed by atoms with Crippen LogP contribution in [0.25, 0.3) is 6.08 Å². The summed E-state index contributed by atoms with van der Waals surface area (Å²) in [6.45, 7) is 0.139. The monoisotopic (exact) mass is 450 g/mol. The largest absolute Gasteiger partial charge is 0.460 e. The van der Waals surface area contributed by atoms with E-state index in [1.54, 1.807) is 12.1 Å². The molecular formula is C15H11BrN6O6. The van der Waals surface area contributed by atoms with Crippen molar-refractivity contribution in [3.63, 3.8) is 0 Å². The van der Waals surface area contributed by atoms with Crippen LogP contribution in [0.4, 0.5) is 11.5 Å². The van der Waals surface area contributed by atoms with Crippen LogP contribution in [0.3, 0.4) is 0 Å². The van der Waals surface area contributed by atoms with Gasteiger partial charge in [0.25, 0.3) is 0 Å². The highest BCUT2D eigenvalue weighted by atomic mass is 79.9. The SMILES string of the molecule is Cn1cc([N+](=O)[O-])c(C(=O)/C=C/c2ccc(Cn3cc(Br)c([N+](=O)[O-])n3)o2)n1. The Morgan fingerprint density at radius 1 is 1.25 bits per heavy atom. The quantitative estimate of drug-likeness (QED) is 0.230. The second-order valence-electron chi connectivity index (χ2n) is 5.55. The molecular weight excluding hydrogens is 440 g/mol. The van der Waals surface area contributed by atoms with Gasteiger partial charge in [-0.05, 0) is 45.1 Å². The maximum absolute atomic E-state index is 12.2. The van der Waals surface area contributed by atoms with Crippen LogP contribution in [-0.2, 0) is 13.6 Å². The summed E-state index contributed by atoms with van der Waals surface area (Å²) in [6.07, 6.45) is 5.06. The summed E-state index contributed by atoms with van der Waals surface area (Å²) < 4.78 is 8.28. The molecule has 3 heterocycles. The van der Waals surface area contributed by atoms with Crippen LogP contribution >= 0.6 is 15.9 Å². The van der Waals surface area contributed by atoms with Crippen molar-refractivity contribution in [2.45, 2.75) is 6.54 Å². The van der Waals surface area contributed by atoms with E-state index in [9.17, 15) is 25.0 Å². The van der Waals surface area contributed by atoms with E-state index in [0.29, 0.717) is 11.5 Å². The van der Waals surface area contributed by atoms with Gasteiger partial charge in [0.2, 0.25) is 11.5 Å². The fourth-order valence-electron chi connectivity index (χ4n) is 2.34. The molecule has 0 aromatic carbocycles. The third-order valence-corrected chi connectivity index (χ3v) is 4.07. The van der Waals surface area contributed by atoms with E-state index < -0.39 is 15.6 Å². The number of carbonyl (C=O) groups excluding carboxylic acids is 1. The summed E-state index contributed by atoms with van der Waals surface area (Å²) >= 11 is 3.06. The number of hydrogen-bond acceptors (Lipinski definition) is 8. The van der Waals surface area contributed by atoms with Gasteiger partial charge in [0.1, 0.15) is 28.7 Å². The second-order valence-corrected chi connectivity index (χ2v) is 6.41. The van der Waals surface area contributed by atoms with Crippen LogP contribution in [0.15, 0.2) is 39.5 Å². The molecule has 0 spiro atoms. The van der Waals surface area contributed by atoms with Gasteiger partial charge in [-0.3, -0.25) is 19.6 Å². The molecule has 144 valence electrons. The van der Waals surface area contributed by atoms with Crippen molar-refractivity contribution in [3.8, 4) is 0 Å². The van der Waals surface area contributed by atoms with E-state index in [1.165, 1.54) is 28.7 Å². The fourth-order valence-corrected chi connectivity index (χ4v) is 2.80. The Morgan fingerprint density at radius 2 is 2.00 bits per heavy atom. The Morgan fingerprint density at radius 3 is 2.64 bits per heavy atom. The minimum absolute atomic E-state index is 0.139. The zero-order valence-corrected chi connectivity index (χ0v) is 15.8. The highest BCUT2D eigenvalue weighted by molar-refractivity contribution is 9.10. The van der Waals surface area contributed by atoms with Gasteiger partial charge in [-0.25, -0.2) is 0 Å². The first-order chi connectivity index (χ1) is 13.2. The first-order valence-electron chi connectivity index (χ1n) is 7.61. The molecule has 0 saturated heterocycles. The smallest absolute Gasteiger partial charge is 0.404 e. The molecule has 0 radical (unpaired) electrons. The number of nitro groups is 2. The Kier molecular flexibility index (Phi) is 5.17. The van der Waals surface area contributed by atoms with Gasteiger partial charge in [0, 0.05) is 7.05 Å². The zero-order chi connectivity index (χ0) is 20.4. The molecule has 3 aromatic heterocycles. The number of furan rings is 1. The third-order valence-electron chi connectivity index (χ3n) is 3.51. The summed E-state index contributed by atoms with van der Waals surface area (Å²) in [4.78, 5) is 32.6. The highest BCUT2D eigenvalue weighted by Crippen LogP contribution is 2.23. The van der Waals surface area contributed by atoms with E-state index in [0.717, 1.165) is 12.3 Å². The van der Waals surface area contributed by atoms with Gasteiger partial charge in [-0.2, -0.15) is 9.78 Å². The number of aromatic nitrogens is 4. The van der Waals surface area contributed by atoms with Gasteiger partial charge in [-0.1, -0.05) is 0 Å². The lowest BCUT2D eigenvalue weighted by molar-refractivity contribution is -0.390. The van der Waals surface area contributed by atoms with Crippen LogP contribution < -0.4 is 0 Å². The number of ketones is 1. The Bertz CT molecular complexity index is 1110. The summed E-state index contributed by atoms with van der Waals surface area (Å²) in [5.74, 6) is -0.186. The summed E-state index contributed by atoms with van der Waals surface area (Å²) in [7, 11) is 1.48. The normalized spacial score (nSPS) is 11.2. The number of rotatable bonds is 7. The molecule has 0 aliphatic rings. The van der Waals surface area contributed by atoms with Crippen LogP contribution in [-0.4, -0.2) is 35.2 Å². The standard InChI is InChI=1S/C15H11BrN6O6/c1-19-8-12(21(24)25)14(17-19)13(23)5-4-9-2-3-10(28-9)6-20-7-11(16)15(18-20)22(26)27/h2-5,7-8H,6H2,1H3/b5-4+. The number of carbonyl (C=O) groups is 1. The van der Waals surface area contributed by atoms with E-state index in [2.05, 4.69) is 26.1 Å². The molecule has 28 heavy (non-hydrogen) atoms. The van der Waals surface area contributed by atoms with E-state index in [4.69, 9.17) is 4.42 Å². The molecule has 0 amide bonds. The molecule has 3 rings (SSSR count). The summed E-state index contributed by atoms with van der Waals surface area (Å²) in [5.41, 5.74) is -0.660. The molecule has 3 aromatic rings. The van der Waals surface area contributed by atoms with Gasteiger partial charge in [0.15, 0.2) is 0 Å². The molecule has 0 aliphatic heterocycles. The lowest BCUT2D eigenvalue weighted by atomic mass is 10.2. The molecule has 13 heteroatoms. The van der Waals surface area contributed by atoms with Crippen molar-refractivity contribution in [3.05, 3.63) is 72.5 Å². The molecule has 0 unspecified atom stereocenters. The minimum Gasteiger partial charge on any atom is -0.460 e. The number of nitrogens with zero attached hydrogens (tertiary/aromatic N) is 6. The molecule has 0 bridgehead atoms. The van der Waals surface area contributed by atoms with Crippen molar-refractivity contribution in [1.29, 1.82) is 0 Å². The summed E-state index contributed by atoms with van der Waals surface area (Å²) in [6, 6.07) is 3.20. The molecule has 0 aliphatic carbocycles. The lowest BCUT2D eigenvalue weighted by Crippen LogP contribution is -2.01. The van der Waals surface area contributed by atoms with Crippen molar-refractivity contribution in [2.24, 2.45) is 7.05 Å². The van der Waals surface area contributed by atoms with E-state index >= 15 is 0 Å². The fraction of sp³-hybridized carbons (Fsp3) is 0.133. The third kappa shape index (κ3) is 4.03. The first-order valence-corrected chi connectivity index (χ1v) is 8.40. The van der Waals surface area contributed by atoms with Crippen molar-refractivity contribution in [2.75, 3.05) is 0 Å². The van der Waals surface area contributed by atoms with Crippen molar-refractivity contribution >= 4 is 39.3 Å². The van der Waals surface area contributed by atoms with Crippen molar-refractivity contribution in [1.82, 2.24) is 19.6 Å². The average Bonchev–Trinajstić information content (AvgIpc) is 3.32. The molecule has 0 fully saturated rings. The molecule has 0 saturated carbocycles. The predicted octanol–water partition coefficient (Wildman–Crippen LogP) is 2.73. The summed E-state index contributed by atoms with van der Waals surface area (Å²) in [5, 5.41) is 29.4. The van der Waals surface area contributed by atoms with E-state index in [-0.39, 0.29) is 28.2 Å². The minimum atomic E-state index is -0.680. The maximum atomic E-state index is 12.2. The lowest BCUT2D eigenvalue weighted by Gasteiger charge is -1.93. The average molecular weight is 451 g/mol. The van der Waals surface area contributed by atoms with Gasteiger partial charge < -0.3 is 14.5 Å². The predicted molar refractivity (Wildman–Crippen MR) is 97.6 cm³/mol.